The van der Waals surface area contributed by atoms with E-state index in [0.29, 0.717) is 36.4 Å². The van der Waals surface area contributed by atoms with Gasteiger partial charge in [-0.05, 0) is 92.7 Å². The zero-order valence-electron chi connectivity index (χ0n) is 15.8. The molecule has 0 radical (unpaired) electrons. The molecule has 0 aromatic heterocycles. The number of Topliss-reactive ketones (excluding diaryl/α,β-unsaturated/α-hetero) is 1. The maximum atomic E-state index is 12.3. The third-order valence-corrected chi connectivity index (χ3v) is 9.54. The number of thiocarbonyl (C=S) groups is 1. The van der Waals surface area contributed by atoms with Crippen LogP contribution in [0.4, 0.5) is 0 Å². The highest BCUT2D eigenvalue weighted by Gasteiger charge is 2.66. The summed E-state index contributed by atoms with van der Waals surface area (Å²) in [6, 6.07) is 0. The molecule has 138 valence electrons. The van der Waals surface area contributed by atoms with Gasteiger partial charge in [-0.2, -0.15) is 0 Å². The fourth-order valence-electron chi connectivity index (χ4n) is 7.59. The van der Waals surface area contributed by atoms with Crippen molar-refractivity contribution in [3.63, 3.8) is 0 Å². The van der Waals surface area contributed by atoms with Gasteiger partial charge in [0.2, 0.25) is 0 Å². The maximum absolute atomic E-state index is 12.3. The number of fused-ring (bicyclic) bond motifs is 5. The highest BCUT2D eigenvalue weighted by molar-refractivity contribution is 7.78. The quantitative estimate of drug-likeness (QED) is 0.549. The van der Waals surface area contributed by atoms with E-state index in [4.69, 9.17) is 12.2 Å². The second kappa shape index (κ2) is 5.47. The topological polar surface area (TPSA) is 49.7 Å². The zero-order chi connectivity index (χ0) is 18.1. The monoisotopic (exact) mass is 361 g/mol. The van der Waals surface area contributed by atoms with Crippen molar-refractivity contribution in [3.05, 3.63) is 0 Å². The van der Waals surface area contributed by atoms with Crippen LogP contribution in [0.3, 0.4) is 0 Å². The Labute approximate surface area is 156 Å². The van der Waals surface area contributed by atoms with E-state index in [-0.39, 0.29) is 16.4 Å². The summed E-state index contributed by atoms with van der Waals surface area (Å²) in [5.74, 6) is 2.19. The summed E-state index contributed by atoms with van der Waals surface area (Å²) in [5, 5.41) is 13.7. The lowest BCUT2D eigenvalue weighted by Gasteiger charge is -2.63. The van der Waals surface area contributed by atoms with Crippen LogP contribution in [0.5, 0.6) is 0 Å². The van der Waals surface area contributed by atoms with Crippen LogP contribution in [0.1, 0.15) is 78.6 Å². The lowest BCUT2D eigenvalue weighted by molar-refractivity contribution is -0.157. The van der Waals surface area contributed by atoms with E-state index in [1.807, 2.05) is 0 Å². The number of aliphatic hydroxyl groups is 1. The minimum atomic E-state index is -0.535. The average molecular weight is 362 g/mol. The molecule has 0 aromatic rings. The molecule has 0 unspecified atom stereocenters. The number of rotatable bonds is 1. The van der Waals surface area contributed by atoms with Crippen LogP contribution in [-0.2, 0) is 4.79 Å². The maximum Gasteiger partial charge on any atom is 0.135 e. The van der Waals surface area contributed by atoms with E-state index < -0.39 is 5.60 Å². The fraction of sp³-hybridized carbons (Fsp3) is 0.905. The van der Waals surface area contributed by atoms with Gasteiger partial charge in [0.1, 0.15) is 5.78 Å². The minimum absolute atomic E-state index is 0.0441. The van der Waals surface area contributed by atoms with Crippen molar-refractivity contribution in [2.24, 2.45) is 33.6 Å². The van der Waals surface area contributed by atoms with Crippen LogP contribution in [-0.4, -0.2) is 27.2 Å². The van der Waals surface area contributed by atoms with Crippen molar-refractivity contribution in [1.82, 2.24) is 0 Å². The Bertz CT molecular complexity index is 654. The lowest BCUT2D eigenvalue weighted by atomic mass is 9.42. The third kappa shape index (κ3) is 2.17. The van der Waals surface area contributed by atoms with Gasteiger partial charge >= 0.3 is 0 Å². The Morgan fingerprint density at radius 3 is 2.44 bits per heavy atom. The molecule has 0 heterocycles. The molecule has 0 spiro atoms. The summed E-state index contributed by atoms with van der Waals surface area (Å²) in [6.45, 7) is 6.75. The Kier molecular flexibility index (Phi) is 3.90. The Hall–Kier alpha value is -0.570. The smallest absolute Gasteiger partial charge is 0.135 e. The molecule has 4 saturated carbocycles. The number of ketones is 1. The largest absolute Gasteiger partial charge is 0.390 e. The number of hydrogen-bond acceptors (Lipinski definition) is 4. The zero-order valence-corrected chi connectivity index (χ0v) is 16.6. The second-order valence-electron chi connectivity index (χ2n) is 10.1. The molecule has 0 aromatic carbocycles. The van der Waals surface area contributed by atoms with E-state index in [0.717, 1.165) is 44.9 Å². The summed E-state index contributed by atoms with van der Waals surface area (Å²) >= 11 is 4.99. The number of carbonyl (C=O) groups excluding carboxylic acids is 1. The first-order chi connectivity index (χ1) is 11.7. The first kappa shape index (κ1) is 17.8. The van der Waals surface area contributed by atoms with E-state index in [1.54, 1.807) is 0 Å². The molecule has 4 aliphatic carbocycles. The van der Waals surface area contributed by atoms with Crippen LogP contribution < -0.4 is 0 Å². The number of nitrogens with zero attached hydrogens (tertiary/aromatic N) is 1. The number of carbonyl (C=O) groups is 1. The van der Waals surface area contributed by atoms with Gasteiger partial charge in [0.05, 0.1) is 16.3 Å². The van der Waals surface area contributed by atoms with Crippen molar-refractivity contribution in [2.75, 3.05) is 0 Å². The van der Waals surface area contributed by atoms with Crippen LogP contribution >= 0.6 is 12.2 Å². The third-order valence-electron chi connectivity index (χ3n) is 9.44. The van der Waals surface area contributed by atoms with Crippen molar-refractivity contribution in [2.45, 2.75) is 89.7 Å². The van der Waals surface area contributed by atoms with Crippen LogP contribution in [0.25, 0.3) is 0 Å². The first-order valence-electron chi connectivity index (χ1n) is 10.0. The highest BCUT2D eigenvalue weighted by Crippen LogP contribution is 2.69. The highest BCUT2D eigenvalue weighted by atomic mass is 32.1. The molecule has 7 atom stereocenters. The summed E-state index contributed by atoms with van der Waals surface area (Å²) in [5.41, 5.74) is -0.763. The van der Waals surface area contributed by atoms with E-state index >= 15 is 0 Å². The van der Waals surface area contributed by atoms with Gasteiger partial charge in [0, 0.05) is 12.8 Å². The molecule has 4 heteroatoms. The predicted molar refractivity (Wildman–Crippen MR) is 102 cm³/mol. The van der Waals surface area contributed by atoms with Crippen LogP contribution in [0.15, 0.2) is 4.99 Å². The number of hydrogen-bond donors (Lipinski definition) is 1. The standard InChI is InChI=1S/C21H31NO2S/c1-18-9-6-17-15(16(18)7-10-20(18,3)24)5-11-21(22-13-25)12-14(23)4-8-19(17,21)2/h15-17,24H,4-12H2,1-3H3/t15-,16-,17-,18-,19+,20-,21-/m0/s1. The van der Waals surface area contributed by atoms with Gasteiger partial charge in [0.25, 0.3) is 0 Å². The van der Waals surface area contributed by atoms with Gasteiger partial charge in [-0.1, -0.05) is 13.8 Å². The van der Waals surface area contributed by atoms with E-state index in [1.165, 1.54) is 0 Å². The SMILES string of the molecule is C[C@]1(O)CC[C@H]2[C@@H]3CC[C@]4(N=C=S)CC(=O)CC[C@]4(C)[C@H]3CC[C@@]21C. The Morgan fingerprint density at radius 2 is 1.72 bits per heavy atom. The summed E-state index contributed by atoms with van der Waals surface area (Å²) in [4.78, 5) is 16.9. The van der Waals surface area contributed by atoms with Gasteiger partial charge in [0.15, 0.2) is 0 Å². The molecular formula is C21H31NO2S. The average Bonchev–Trinajstić information content (AvgIpc) is 2.79. The summed E-state index contributed by atoms with van der Waals surface area (Å²) < 4.78 is 0. The molecule has 0 aliphatic heterocycles. The molecule has 0 saturated heterocycles. The van der Waals surface area contributed by atoms with Gasteiger partial charge in [-0.25, -0.2) is 4.99 Å². The van der Waals surface area contributed by atoms with E-state index in [2.05, 4.69) is 30.9 Å². The second-order valence-corrected chi connectivity index (χ2v) is 10.2. The predicted octanol–water partition coefficient (Wildman–Crippen LogP) is 4.57. The van der Waals surface area contributed by atoms with Gasteiger partial charge in [-0.3, -0.25) is 4.79 Å². The summed E-state index contributed by atoms with van der Waals surface area (Å²) in [7, 11) is 0. The minimum Gasteiger partial charge on any atom is -0.390 e. The lowest BCUT2D eigenvalue weighted by Crippen LogP contribution is -2.62. The van der Waals surface area contributed by atoms with Crippen LogP contribution in [0, 0.1) is 28.6 Å². The molecule has 0 amide bonds. The molecular weight excluding hydrogens is 330 g/mol. The van der Waals surface area contributed by atoms with Gasteiger partial charge in [-0.15, -0.1) is 0 Å². The normalized spacial score (nSPS) is 54.9. The van der Waals surface area contributed by atoms with Gasteiger partial charge < -0.3 is 5.11 Å². The van der Waals surface area contributed by atoms with Crippen molar-refractivity contribution < 1.29 is 9.90 Å². The summed E-state index contributed by atoms with van der Waals surface area (Å²) in [6.07, 6.45) is 8.55. The Morgan fingerprint density at radius 1 is 1.04 bits per heavy atom. The number of isothiocyanates is 1. The molecule has 25 heavy (non-hydrogen) atoms. The molecule has 3 nitrogen and oxygen atoms in total. The fourth-order valence-corrected chi connectivity index (χ4v) is 7.77. The molecule has 0 bridgehead atoms. The molecule has 4 aliphatic rings. The Balaban J connectivity index is 1.73. The first-order valence-corrected chi connectivity index (χ1v) is 10.4. The van der Waals surface area contributed by atoms with Crippen molar-refractivity contribution >= 4 is 23.2 Å². The molecule has 4 fully saturated rings. The van der Waals surface area contributed by atoms with E-state index in [9.17, 15) is 9.90 Å². The van der Waals surface area contributed by atoms with Crippen molar-refractivity contribution in [1.29, 1.82) is 0 Å². The number of aliphatic imine (C=N–C) groups is 1. The van der Waals surface area contributed by atoms with Crippen molar-refractivity contribution in [3.8, 4) is 0 Å². The van der Waals surface area contributed by atoms with Crippen LogP contribution in [0.2, 0.25) is 0 Å². The molecule has 4 rings (SSSR count). The molecule has 1 N–H and O–H groups in total.